The normalized spacial score (nSPS) is 33.0. The Morgan fingerprint density at radius 1 is 1.14 bits per heavy atom. The SMILES string of the molecule is O=C(CC12CC3CC(CC(Br)(C3)C1)C2)NCCS(=O)(=O)NCc1ccc(F)cc1. The van der Waals surface area contributed by atoms with Gasteiger partial charge in [-0.15, -0.1) is 0 Å². The van der Waals surface area contributed by atoms with E-state index >= 15 is 0 Å². The van der Waals surface area contributed by atoms with Gasteiger partial charge in [0.25, 0.3) is 0 Å². The summed E-state index contributed by atoms with van der Waals surface area (Å²) >= 11 is 3.96. The van der Waals surface area contributed by atoms with E-state index in [0.29, 0.717) is 12.0 Å². The number of amides is 1. The van der Waals surface area contributed by atoms with Crippen molar-refractivity contribution in [3.8, 4) is 0 Å². The molecule has 0 radical (unpaired) electrons. The van der Waals surface area contributed by atoms with Gasteiger partial charge in [0.05, 0.1) is 5.75 Å². The molecule has 29 heavy (non-hydrogen) atoms. The molecule has 4 saturated carbocycles. The first-order valence-corrected chi connectivity index (χ1v) is 12.8. The molecule has 0 aliphatic heterocycles. The first-order valence-electron chi connectivity index (χ1n) is 10.3. The van der Waals surface area contributed by atoms with Gasteiger partial charge in [-0.2, -0.15) is 0 Å². The molecule has 8 heteroatoms. The highest BCUT2D eigenvalue weighted by Crippen LogP contribution is 2.65. The van der Waals surface area contributed by atoms with Gasteiger partial charge in [-0.05, 0) is 73.5 Å². The molecule has 0 aromatic heterocycles. The molecule has 1 aromatic carbocycles. The van der Waals surface area contributed by atoms with Crippen LogP contribution in [0.25, 0.3) is 0 Å². The molecule has 0 saturated heterocycles. The number of benzene rings is 1. The van der Waals surface area contributed by atoms with E-state index in [0.717, 1.165) is 31.1 Å². The van der Waals surface area contributed by atoms with Gasteiger partial charge in [0.15, 0.2) is 0 Å². The van der Waals surface area contributed by atoms with Crippen LogP contribution < -0.4 is 10.0 Å². The molecule has 4 fully saturated rings. The molecular weight excluding hydrogens is 459 g/mol. The zero-order valence-corrected chi connectivity index (χ0v) is 18.8. The second-order valence-electron chi connectivity index (χ2n) is 9.41. The van der Waals surface area contributed by atoms with Gasteiger partial charge in [-0.3, -0.25) is 4.79 Å². The second-order valence-corrected chi connectivity index (χ2v) is 13.0. The monoisotopic (exact) mass is 486 g/mol. The molecule has 4 bridgehead atoms. The summed E-state index contributed by atoms with van der Waals surface area (Å²) < 4.78 is 39.9. The van der Waals surface area contributed by atoms with E-state index in [4.69, 9.17) is 0 Å². The highest BCUT2D eigenvalue weighted by molar-refractivity contribution is 9.10. The summed E-state index contributed by atoms with van der Waals surface area (Å²) in [6, 6.07) is 5.68. The quantitative estimate of drug-likeness (QED) is 0.552. The average molecular weight is 487 g/mol. The number of hydrogen-bond donors (Lipinski definition) is 2. The van der Waals surface area contributed by atoms with Gasteiger partial charge in [-0.25, -0.2) is 17.5 Å². The summed E-state index contributed by atoms with van der Waals surface area (Å²) in [6.45, 7) is 0.204. The fourth-order valence-corrected chi connectivity index (χ4v) is 8.55. The zero-order valence-electron chi connectivity index (χ0n) is 16.4. The number of alkyl halides is 1. The Hall–Kier alpha value is -0.990. The highest BCUT2D eigenvalue weighted by atomic mass is 79.9. The second kappa shape index (κ2) is 7.93. The Kier molecular flexibility index (Phi) is 5.81. The molecule has 1 aromatic rings. The van der Waals surface area contributed by atoms with E-state index in [9.17, 15) is 17.6 Å². The molecule has 4 aliphatic rings. The van der Waals surface area contributed by atoms with E-state index in [1.54, 1.807) is 12.1 Å². The van der Waals surface area contributed by atoms with E-state index < -0.39 is 10.0 Å². The first kappa shape index (κ1) is 21.2. The van der Waals surface area contributed by atoms with Gasteiger partial charge in [0, 0.05) is 23.8 Å². The minimum Gasteiger partial charge on any atom is -0.355 e. The fraction of sp³-hybridized carbons (Fsp3) is 0.667. The van der Waals surface area contributed by atoms with Crippen LogP contribution in [0.1, 0.15) is 50.5 Å². The van der Waals surface area contributed by atoms with Crippen LogP contribution in [0.3, 0.4) is 0 Å². The predicted molar refractivity (Wildman–Crippen MR) is 113 cm³/mol. The van der Waals surface area contributed by atoms with Crippen LogP contribution in [0.5, 0.6) is 0 Å². The molecule has 2 unspecified atom stereocenters. The zero-order chi connectivity index (χ0) is 20.7. The van der Waals surface area contributed by atoms with Crippen LogP contribution in [0.2, 0.25) is 0 Å². The van der Waals surface area contributed by atoms with Crippen molar-refractivity contribution in [2.24, 2.45) is 17.3 Å². The van der Waals surface area contributed by atoms with E-state index in [1.165, 1.54) is 31.4 Å². The molecule has 5 nitrogen and oxygen atoms in total. The van der Waals surface area contributed by atoms with Crippen LogP contribution in [-0.2, 0) is 21.4 Å². The maximum atomic E-state index is 12.9. The summed E-state index contributed by atoms with van der Waals surface area (Å²) in [5.41, 5.74) is 0.765. The molecule has 2 atom stereocenters. The lowest BCUT2D eigenvalue weighted by molar-refractivity contribution is -0.128. The molecule has 5 rings (SSSR count). The summed E-state index contributed by atoms with van der Waals surface area (Å²) in [4.78, 5) is 12.6. The maximum Gasteiger partial charge on any atom is 0.220 e. The van der Waals surface area contributed by atoms with Crippen LogP contribution in [0.15, 0.2) is 24.3 Å². The van der Waals surface area contributed by atoms with Crippen molar-refractivity contribution in [1.82, 2.24) is 10.0 Å². The number of halogens is 2. The summed E-state index contributed by atoms with van der Waals surface area (Å²) in [5.74, 6) is 0.875. The summed E-state index contributed by atoms with van der Waals surface area (Å²) in [5, 5.41) is 2.81. The van der Waals surface area contributed by atoms with Crippen molar-refractivity contribution in [2.75, 3.05) is 12.3 Å². The third-order valence-electron chi connectivity index (χ3n) is 6.75. The predicted octanol–water partition coefficient (Wildman–Crippen LogP) is 3.49. The highest BCUT2D eigenvalue weighted by Gasteiger charge is 2.57. The third-order valence-corrected chi connectivity index (χ3v) is 9.00. The van der Waals surface area contributed by atoms with Crippen molar-refractivity contribution in [2.45, 2.75) is 55.8 Å². The van der Waals surface area contributed by atoms with Crippen molar-refractivity contribution in [3.05, 3.63) is 35.6 Å². The smallest absolute Gasteiger partial charge is 0.220 e. The van der Waals surface area contributed by atoms with Gasteiger partial charge < -0.3 is 5.32 Å². The Labute approximate surface area is 180 Å². The molecule has 0 heterocycles. The average Bonchev–Trinajstić information content (AvgIpc) is 2.58. The van der Waals surface area contributed by atoms with Crippen LogP contribution in [0, 0.1) is 23.1 Å². The van der Waals surface area contributed by atoms with Crippen molar-refractivity contribution < 1.29 is 17.6 Å². The number of nitrogens with one attached hydrogen (secondary N) is 2. The third kappa shape index (κ3) is 5.20. The lowest BCUT2D eigenvalue weighted by atomic mass is 9.48. The Morgan fingerprint density at radius 2 is 1.79 bits per heavy atom. The minimum absolute atomic E-state index is 0.0446. The van der Waals surface area contributed by atoms with Crippen LogP contribution >= 0.6 is 15.9 Å². The molecule has 4 aliphatic carbocycles. The number of carbonyl (C=O) groups is 1. The van der Waals surface area contributed by atoms with E-state index in [2.05, 4.69) is 26.0 Å². The van der Waals surface area contributed by atoms with Gasteiger partial charge in [0.2, 0.25) is 15.9 Å². The topological polar surface area (TPSA) is 75.3 Å². The molecule has 0 spiro atoms. The van der Waals surface area contributed by atoms with Crippen molar-refractivity contribution >= 4 is 31.9 Å². The maximum absolute atomic E-state index is 12.9. The Morgan fingerprint density at radius 3 is 2.41 bits per heavy atom. The molecule has 1 amide bonds. The molecule has 160 valence electrons. The lowest BCUT2D eigenvalue weighted by Gasteiger charge is -2.60. The largest absolute Gasteiger partial charge is 0.355 e. The molecule has 2 N–H and O–H groups in total. The fourth-order valence-electron chi connectivity index (χ4n) is 6.14. The number of sulfonamides is 1. The number of rotatable bonds is 8. The summed E-state index contributed by atoms with van der Waals surface area (Å²) in [6.07, 6.45) is 7.56. The van der Waals surface area contributed by atoms with E-state index in [1.807, 2.05) is 0 Å². The van der Waals surface area contributed by atoms with Crippen LogP contribution in [-0.4, -0.2) is 30.9 Å². The number of carbonyl (C=O) groups excluding carboxylic acids is 1. The number of hydrogen-bond acceptors (Lipinski definition) is 3. The van der Waals surface area contributed by atoms with Gasteiger partial charge in [0.1, 0.15) is 5.82 Å². The van der Waals surface area contributed by atoms with E-state index in [-0.39, 0.29) is 40.3 Å². The standard InChI is InChI=1S/C21H28BrFN2O3S/c22-21-10-16-7-17(11-21)9-20(8-16,14-21)12-19(26)24-5-6-29(27,28)25-13-15-1-3-18(23)4-2-15/h1-4,16-17,25H,5-14H2,(H,24,26). The Balaban J connectivity index is 1.23. The van der Waals surface area contributed by atoms with Crippen molar-refractivity contribution in [1.29, 1.82) is 0 Å². The molecular formula is C21H28BrFN2O3S. The summed E-state index contributed by atoms with van der Waals surface area (Å²) in [7, 11) is -3.51. The minimum atomic E-state index is -3.51. The Bertz CT molecular complexity index is 860. The first-order chi connectivity index (χ1) is 13.6. The van der Waals surface area contributed by atoms with Gasteiger partial charge in [-0.1, -0.05) is 28.1 Å². The van der Waals surface area contributed by atoms with Gasteiger partial charge >= 0.3 is 0 Å². The lowest BCUT2D eigenvalue weighted by Crippen LogP contribution is -2.54. The van der Waals surface area contributed by atoms with Crippen molar-refractivity contribution in [3.63, 3.8) is 0 Å². The van der Waals surface area contributed by atoms with Crippen LogP contribution in [0.4, 0.5) is 4.39 Å².